The van der Waals surface area contributed by atoms with E-state index in [0.29, 0.717) is 17.3 Å². The lowest BCUT2D eigenvalue weighted by Gasteiger charge is -2.15. The van der Waals surface area contributed by atoms with Gasteiger partial charge in [0, 0.05) is 6.20 Å². The number of aromatic nitrogens is 3. The molecule has 0 unspecified atom stereocenters. The van der Waals surface area contributed by atoms with E-state index in [2.05, 4.69) is 20.8 Å². The van der Waals surface area contributed by atoms with Crippen molar-refractivity contribution in [3.05, 3.63) is 54.5 Å². The standard InChI is InChI=1S/C17H19N5O2/c1-12(2)24-14-8-4-3-7-13(14)19-17(23)18-11-16-21-20-15-9-5-6-10-22(15)16/h3-10,12H,11H2,1-2H3,(H2,18,19,23). The molecule has 0 aliphatic heterocycles. The number of anilines is 1. The first-order valence-electron chi connectivity index (χ1n) is 7.72. The van der Waals surface area contributed by atoms with Crippen molar-refractivity contribution in [3.8, 4) is 5.75 Å². The second-order valence-electron chi connectivity index (χ2n) is 5.52. The van der Waals surface area contributed by atoms with Crippen molar-refractivity contribution < 1.29 is 9.53 Å². The number of carbonyl (C=O) groups is 1. The fourth-order valence-electron chi connectivity index (χ4n) is 2.26. The molecule has 3 rings (SSSR count). The summed E-state index contributed by atoms with van der Waals surface area (Å²) in [7, 11) is 0. The van der Waals surface area contributed by atoms with Crippen LogP contribution in [0.25, 0.3) is 5.65 Å². The number of carbonyl (C=O) groups excluding carboxylic acids is 1. The normalized spacial score (nSPS) is 10.8. The van der Waals surface area contributed by atoms with E-state index >= 15 is 0 Å². The number of fused-ring (bicyclic) bond motifs is 1. The topological polar surface area (TPSA) is 80.5 Å². The summed E-state index contributed by atoms with van der Waals surface area (Å²) in [6.45, 7) is 4.14. The summed E-state index contributed by atoms with van der Waals surface area (Å²) >= 11 is 0. The van der Waals surface area contributed by atoms with Crippen molar-refractivity contribution in [1.82, 2.24) is 19.9 Å². The zero-order valence-corrected chi connectivity index (χ0v) is 13.6. The van der Waals surface area contributed by atoms with Crippen LogP contribution in [0.5, 0.6) is 5.75 Å². The number of para-hydroxylation sites is 2. The second kappa shape index (κ2) is 6.99. The zero-order chi connectivity index (χ0) is 16.9. The van der Waals surface area contributed by atoms with Crippen LogP contribution >= 0.6 is 0 Å². The second-order valence-corrected chi connectivity index (χ2v) is 5.52. The van der Waals surface area contributed by atoms with Crippen molar-refractivity contribution in [3.63, 3.8) is 0 Å². The third kappa shape index (κ3) is 3.62. The number of amides is 2. The van der Waals surface area contributed by atoms with Gasteiger partial charge in [0.25, 0.3) is 0 Å². The van der Waals surface area contributed by atoms with E-state index in [-0.39, 0.29) is 18.7 Å². The van der Waals surface area contributed by atoms with Gasteiger partial charge in [-0.15, -0.1) is 10.2 Å². The van der Waals surface area contributed by atoms with Crippen LogP contribution in [-0.2, 0) is 6.54 Å². The third-order valence-corrected chi connectivity index (χ3v) is 3.29. The molecule has 0 fully saturated rings. The average Bonchev–Trinajstić information content (AvgIpc) is 2.98. The first-order valence-corrected chi connectivity index (χ1v) is 7.72. The summed E-state index contributed by atoms with van der Waals surface area (Å²) in [5.74, 6) is 1.29. The van der Waals surface area contributed by atoms with Crippen LogP contribution in [0, 0.1) is 0 Å². The Kier molecular flexibility index (Phi) is 4.60. The van der Waals surface area contributed by atoms with Crippen LogP contribution in [0.1, 0.15) is 19.7 Å². The van der Waals surface area contributed by atoms with E-state index in [1.807, 2.05) is 60.8 Å². The maximum atomic E-state index is 12.1. The highest BCUT2D eigenvalue weighted by molar-refractivity contribution is 5.90. The van der Waals surface area contributed by atoms with Gasteiger partial charge >= 0.3 is 6.03 Å². The van der Waals surface area contributed by atoms with Crippen LogP contribution in [0.4, 0.5) is 10.5 Å². The molecular weight excluding hydrogens is 306 g/mol. The average molecular weight is 325 g/mol. The molecule has 2 N–H and O–H groups in total. The molecule has 7 nitrogen and oxygen atoms in total. The quantitative estimate of drug-likeness (QED) is 0.756. The van der Waals surface area contributed by atoms with Crippen molar-refractivity contribution in [2.75, 3.05) is 5.32 Å². The Hall–Kier alpha value is -3.09. The summed E-state index contributed by atoms with van der Waals surface area (Å²) in [6, 6.07) is 12.6. The minimum Gasteiger partial charge on any atom is -0.489 e. The van der Waals surface area contributed by atoms with Crippen LogP contribution < -0.4 is 15.4 Å². The number of hydrogen-bond donors (Lipinski definition) is 2. The maximum absolute atomic E-state index is 12.1. The molecule has 0 aliphatic carbocycles. The van der Waals surface area contributed by atoms with Crippen LogP contribution in [0.2, 0.25) is 0 Å². The third-order valence-electron chi connectivity index (χ3n) is 3.29. The minimum absolute atomic E-state index is 0.0263. The van der Waals surface area contributed by atoms with Gasteiger partial charge in [0.15, 0.2) is 11.5 Å². The van der Waals surface area contributed by atoms with Gasteiger partial charge in [0.05, 0.1) is 18.3 Å². The molecule has 0 saturated carbocycles. The Morgan fingerprint density at radius 2 is 1.96 bits per heavy atom. The number of benzene rings is 1. The fraction of sp³-hybridized carbons (Fsp3) is 0.235. The van der Waals surface area contributed by atoms with E-state index < -0.39 is 0 Å². The first kappa shape index (κ1) is 15.8. The van der Waals surface area contributed by atoms with Crippen molar-refractivity contribution in [1.29, 1.82) is 0 Å². The number of hydrogen-bond acceptors (Lipinski definition) is 4. The molecule has 0 bridgehead atoms. The van der Waals surface area contributed by atoms with E-state index in [0.717, 1.165) is 5.65 Å². The molecule has 0 saturated heterocycles. The monoisotopic (exact) mass is 325 g/mol. The van der Waals surface area contributed by atoms with Gasteiger partial charge in [0.2, 0.25) is 0 Å². The highest BCUT2D eigenvalue weighted by atomic mass is 16.5. The Labute approximate surface area is 139 Å². The number of ether oxygens (including phenoxy) is 1. The highest BCUT2D eigenvalue weighted by Crippen LogP contribution is 2.24. The molecule has 124 valence electrons. The van der Waals surface area contributed by atoms with Crippen molar-refractivity contribution in [2.45, 2.75) is 26.5 Å². The van der Waals surface area contributed by atoms with Crippen LogP contribution in [0.15, 0.2) is 48.7 Å². The summed E-state index contributed by atoms with van der Waals surface area (Å²) in [6.07, 6.45) is 1.88. The summed E-state index contributed by atoms with van der Waals surface area (Å²) in [5, 5.41) is 13.7. The Balaban J connectivity index is 1.64. The predicted molar refractivity (Wildman–Crippen MR) is 91.1 cm³/mol. The lowest BCUT2D eigenvalue weighted by atomic mass is 10.3. The van der Waals surface area contributed by atoms with E-state index in [9.17, 15) is 4.79 Å². The molecule has 7 heteroatoms. The molecule has 3 aromatic rings. The molecule has 24 heavy (non-hydrogen) atoms. The van der Waals surface area contributed by atoms with Gasteiger partial charge in [-0.05, 0) is 38.1 Å². The number of nitrogens with zero attached hydrogens (tertiary/aromatic N) is 3. The number of nitrogens with one attached hydrogen (secondary N) is 2. The SMILES string of the molecule is CC(C)Oc1ccccc1NC(=O)NCc1nnc2ccccn12. The molecule has 0 radical (unpaired) electrons. The van der Waals surface area contributed by atoms with E-state index in [1.165, 1.54) is 0 Å². The number of rotatable bonds is 5. The first-order chi connectivity index (χ1) is 11.6. The van der Waals surface area contributed by atoms with E-state index in [4.69, 9.17) is 4.74 Å². The molecule has 0 aliphatic rings. The molecular formula is C17H19N5O2. The Bertz CT molecular complexity index is 844. The van der Waals surface area contributed by atoms with Crippen LogP contribution in [0.3, 0.4) is 0 Å². The van der Waals surface area contributed by atoms with Gasteiger partial charge in [0.1, 0.15) is 5.75 Å². The Morgan fingerprint density at radius 1 is 1.17 bits per heavy atom. The molecule has 0 spiro atoms. The Morgan fingerprint density at radius 3 is 2.79 bits per heavy atom. The molecule has 2 aromatic heterocycles. The fourth-order valence-corrected chi connectivity index (χ4v) is 2.26. The molecule has 2 heterocycles. The largest absolute Gasteiger partial charge is 0.489 e. The summed E-state index contributed by atoms with van der Waals surface area (Å²) in [4.78, 5) is 12.1. The summed E-state index contributed by atoms with van der Waals surface area (Å²) in [5.41, 5.74) is 1.36. The minimum atomic E-state index is -0.331. The van der Waals surface area contributed by atoms with Gasteiger partial charge in [-0.25, -0.2) is 4.79 Å². The van der Waals surface area contributed by atoms with Crippen LogP contribution in [-0.4, -0.2) is 26.7 Å². The van der Waals surface area contributed by atoms with Gasteiger partial charge in [-0.3, -0.25) is 4.40 Å². The maximum Gasteiger partial charge on any atom is 0.319 e. The van der Waals surface area contributed by atoms with Gasteiger partial charge < -0.3 is 15.4 Å². The zero-order valence-electron chi connectivity index (χ0n) is 13.6. The lowest BCUT2D eigenvalue weighted by Crippen LogP contribution is -2.29. The highest BCUT2D eigenvalue weighted by Gasteiger charge is 2.10. The van der Waals surface area contributed by atoms with Gasteiger partial charge in [-0.2, -0.15) is 0 Å². The smallest absolute Gasteiger partial charge is 0.319 e. The van der Waals surface area contributed by atoms with Crippen molar-refractivity contribution >= 4 is 17.4 Å². The molecule has 0 atom stereocenters. The van der Waals surface area contributed by atoms with Crippen molar-refractivity contribution in [2.24, 2.45) is 0 Å². The molecule has 2 amide bonds. The number of urea groups is 1. The van der Waals surface area contributed by atoms with E-state index in [1.54, 1.807) is 6.07 Å². The predicted octanol–water partition coefficient (Wildman–Crippen LogP) is 2.84. The van der Waals surface area contributed by atoms with Gasteiger partial charge in [-0.1, -0.05) is 18.2 Å². The molecule has 1 aromatic carbocycles. The number of pyridine rings is 1. The summed E-state index contributed by atoms with van der Waals surface area (Å²) < 4.78 is 7.51. The lowest BCUT2D eigenvalue weighted by molar-refractivity contribution is 0.241.